The van der Waals surface area contributed by atoms with Crippen LogP contribution < -0.4 is 5.32 Å². The van der Waals surface area contributed by atoms with E-state index in [0.29, 0.717) is 38.4 Å². The minimum absolute atomic E-state index is 0.0796. The highest BCUT2D eigenvalue weighted by molar-refractivity contribution is 6.34. The molecule has 2 heterocycles. The van der Waals surface area contributed by atoms with Gasteiger partial charge in [-0.25, -0.2) is 4.98 Å². The molecule has 0 bridgehead atoms. The molecule has 126 valence electrons. The fourth-order valence-electron chi connectivity index (χ4n) is 2.31. The molecule has 23 heavy (non-hydrogen) atoms. The first-order chi connectivity index (χ1) is 11.0. The highest BCUT2D eigenvalue weighted by atomic mass is 35.5. The van der Waals surface area contributed by atoms with Gasteiger partial charge in [0.05, 0.1) is 12.3 Å². The molecule has 0 saturated carbocycles. The van der Waals surface area contributed by atoms with Gasteiger partial charge in [0.2, 0.25) is 11.8 Å². The molecule has 1 aliphatic heterocycles. The number of piperazine rings is 1. The van der Waals surface area contributed by atoms with Gasteiger partial charge in [-0.3, -0.25) is 14.5 Å². The standard InChI is InChI=1S/C14H18Cl2N4O3/c15-11-2-1-10(14(16)18-11)17-12(22)9-13(23)20-5-3-19(4-6-20)7-8-21/h1-2,21H,3-9H2,(H,17,22). The van der Waals surface area contributed by atoms with Crippen LogP contribution in [-0.4, -0.2) is 71.0 Å². The van der Waals surface area contributed by atoms with Crippen LogP contribution in [0.1, 0.15) is 6.42 Å². The second-order valence-corrected chi connectivity index (χ2v) is 5.89. The minimum Gasteiger partial charge on any atom is -0.395 e. The Kier molecular flexibility index (Phi) is 6.59. The summed E-state index contributed by atoms with van der Waals surface area (Å²) in [6, 6.07) is 3.04. The third-order valence-corrected chi connectivity index (χ3v) is 4.04. The summed E-state index contributed by atoms with van der Waals surface area (Å²) in [6.45, 7) is 3.20. The zero-order valence-corrected chi connectivity index (χ0v) is 14.0. The Balaban J connectivity index is 1.82. The van der Waals surface area contributed by atoms with Crippen molar-refractivity contribution in [1.82, 2.24) is 14.8 Å². The first-order valence-electron chi connectivity index (χ1n) is 7.22. The minimum atomic E-state index is -0.446. The molecule has 1 fully saturated rings. The summed E-state index contributed by atoms with van der Waals surface area (Å²) in [5.74, 6) is -0.678. The summed E-state index contributed by atoms with van der Waals surface area (Å²) in [6.07, 6.45) is -0.251. The van der Waals surface area contributed by atoms with E-state index in [1.165, 1.54) is 12.1 Å². The van der Waals surface area contributed by atoms with E-state index in [-0.39, 0.29) is 29.2 Å². The van der Waals surface area contributed by atoms with Gasteiger partial charge in [0.1, 0.15) is 11.6 Å². The van der Waals surface area contributed by atoms with Crippen LogP contribution in [-0.2, 0) is 9.59 Å². The van der Waals surface area contributed by atoms with Gasteiger partial charge in [-0.05, 0) is 12.1 Å². The van der Waals surface area contributed by atoms with Gasteiger partial charge in [-0.15, -0.1) is 0 Å². The van der Waals surface area contributed by atoms with E-state index in [2.05, 4.69) is 15.2 Å². The number of aromatic nitrogens is 1. The number of anilines is 1. The molecular weight excluding hydrogens is 343 g/mol. The lowest BCUT2D eigenvalue weighted by molar-refractivity contribution is -0.136. The highest BCUT2D eigenvalue weighted by Crippen LogP contribution is 2.21. The van der Waals surface area contributed by atoms with Gasteiger partial charge in [-0.1, -0.05) is 23.2 Å². The van der Waals surface area contributed by atoms with Crippen molar-refractivity contribution in [3.05, 3.63) is 22.4 Å². The summed E-state index contributed by atoms with van der Waals surface area (Å²) in [5, 5.41) is 11.8. The highest BCUT2D eigenvalue weighted by Gasteiger charge is 2.22. The Morgan fingerprint density at radius 3 is 2.52 bits per heavy atom. The molecule has 0 aromatic carbocycles. The first-order valence-corrected chi connectivity index (χ1v) is 7.98. The van der Waals surface area contributed by atoms with E-state index < -0.39 is 5.91 Å². The maximum absolute atomic E-state index is 12.1. The molecule has 1 aliphatic rings. The average Bonchev–Trinajstić information content (AvgIpc) is 2.51. The zero-order valence-electron chi connectivity index (χ0n) is 12.5. The Labute approximate surface area is 144 Å². The number of nitrogens with zero attached hydrogens (tertiary/aromatic N) is 3. The number of aliphatic hydroxyl groups is 1. The molecule has 7 nitrogen and oxygen atoms in total. The van der Waals surface area contributed by atoms with E-state index in [9.17, 15) is 9.59 Å². The molecule has 1 aromatic heterocycles. The SMILES string of the molecule is O=C(CC(=O)N1CCN(CCO)CC1)Nc1ccc(Cl)nc1Cl. The lowest BCUT2D eigenvalue weighted by Gasteiger charge is -2.34. The summed E-state index contributed by atoms with van der Waals surface area (Å²) in [4.78, 5) is 31.6. The summed E-state index contributed by atoms with van der Waals surface area (Å²) >= 11 is 11.6. The summed E-state index contributed by atoms with van der Waals surface area (Å²) in [5.41, 5.74) is 0.321. The predicted octanol–water partition coefficient (Wildman–Crippen LogP) is 0.854. The van der Waals surface area contributed by atoms with Crippen LogP contribution >= 0.6 is 23.2 Å². The van der Waals surface area contributed by atoms with Crippen molar-refractivity contribution in [3.63, 3.8) is 0 Å². The maximum Gasteiger partial charge on any atom is 0.233 e. The van der Waals surface area contributed by atoms with E-state index in [0.717, 1.165) is 0 Å². The fraction of sp³-hybridized carbons (Fsp3) is 0.500. The predicted molar refractivity (Wildman–Crippen MR) is 87.6 cm³/mol. The topological polar surface area (TPSA) is 85.8 Å². The number of aliphatic hydroxyl groups excluding tert-OH is 1. The smallest absolute Gasteiger partial charge is 0.233 e. The normalized spacial score (nSPS) is 15.5. The number of hydrogen-bond donors (Lipinski definition) is 2. The lowest BCUT2D eigenvalue weighted by Crippen LogP contribution is -2.49. The number of β-amino-alcohol motifs (C(OH)–C–C–N with tert-alkyl or cyclic N) is 1. The number of halogens is 2. The molecule has 1 saturated heterocycles. The average molecular weight is 361 g/mol. The third kappa shape index (κ3) is 5.31. The Morgan fingerprint density at radius 1 is 1.22 bits per heavy atom. The molecule has 2 rings (SSSR count). The number of pyridine rings is 1. The molecule has 1 aromatic rings. The largest absolute Gasteiger partial charge is 0.395 e. The molecular formula is C14H18Cl2N4O3. The molecule has 0 spiro atoms. The molecule has 2 N–H and O–H groups in total. The van der Waals surface area contributed by atoms with Gasteiger partial charge in [0.15, 0.2) is 5.15 Å². The van der Waals surface area contributed by atoms with Crippen molar-refractivity contribution >= 4 is 40.7 Å². The van der Waals surface area contributed by atoms with Crippen LogP contribution in [0.25, 0.3) is 0 Å². The monoisotopic (exact) mass is 360 g/mol. The quantitative estimate of drug-likeness (QED) is 0.600. The maximum atomic E-state index is 12.1. The number of rotatable bonds is 5. The van der Waals surface area contributed by atoms with Crippen LogP contribution in [0, 0.1) is 0 Å². The fourth-order valence-corrected chi connectivity index (χ4v) is 2.70. The Morgan fingerprint density at radius 2 is 1.91 bits per heavy atom. The van der Waals surface area contributed by atoms with Crippen LogP contribution in [0.4, 0.5) is 5.69 Å². The van der Waals surface area contributed by atoms with Crippen molar-refractivity contribution in [2.75, 3.05) is 44.6 Å². The molecule has 0 unspecified atom stereocenters. The van der Waals surface area contributed by atoms with Crippen molar-refractivity contribution < 1.29 is 14.7 Å². The molecule has 2 amide bonds. The van der Waals surface area contributed by atoms with E-state index in [4.69, 9.17) is 28.3 Å². The number of amides is 2. The second kappa shape index (κ2) is 8.44. The van der Waals surface area contributed by atoms with Crippen molar-refractivity contribution in [2.45, 2.75) is 6.42 Å². The summed E-state index contributed by atoms with van der Waals surface area (Å²) < 4.78 is 0. The number of carbonyl (C=O) groups is 2. The van der Waals surface area contributed by atoms with Crippen molar-refractivity contribution in [2.24, 2.45) is 0 Å². The third-order valence-electron chi connectivity index (χ3n) is 3.54. The van der Waals surface area contributed by atoms with Gasteiger partial charge >= 0.3 is 0 Å². The molecule has 0 aliphatic carbocycles. The molecule has 9 heteroatoms. The van der Waals surface area contributed by atoms with Crippen LogP contribution in [0.5, 0.6) is 0 Å². The van der Waals surface area contributed by atoms with Crippen LogP contribution in [0.3, 0.4) is 0 Å². The van der Waals surface area contributed by atoms with E-state index in [1.54, 1.807) is 4.90 Å². The van der Waals surface area contributed by atoms with E-state index >= 15 is 0 Å². The Bertz CT molecular complexity index is 577. The van der Waals surface area contributed by atoms with Gasteiger partial charge < -0.3 is 15.3 Å². The van der Waals surface area contributed by atoms with Gasteiger partial charge in [-0.2, -0.15) is 0 Å². The van der Waals surface area contributed by atoms with E-state index in [1.807, 2.05) is 0 Å². The Hall–Kier alpha value is -1.41. The molecule has 0 radical (unpaired) electrons. The first kappa shape index (κ1) is 17.9. The molecule has 0 atom stereocenters. The lowest BCUT2D eigenvalue weighted by atomic mass is 10.2. The van der Waals surface area contributed by atoms with Gasteiger partial charge in [0, 0.05) is 32.7 Å². The summed E-state index contributed by atoms with van der Waals surface area (Å²) in [7, 11) is 0. The van der Waals surface area contributed by atoms with Crippen LogP contribution in [0.2, 0.25) is 10.3 Å². The van der Waals surface area contributed by atoms with Crippen molar-refractivity contribution in [3.8, 4) is 0 Å². The number of nitrogens with one attached hydrogen (secondary N) is 1. The number of hydrogen-bond acceptors (Lipinski definition) is 5. The van der Waals surface area contributed by atoms with Crippen LogP contribution in [0.15, 0.2) is 12.1 Å². The van der Waals surface area contributed by atoms with Gasteiger partial charge in [0.25, 0.3) is 0 Å². The zero-order chi connectivity index (χ0) is 16.8. The number of carbonyl (C=O) groups excluding carboxylic acids is 2. The second-order valence-electron chi connectivity index (χ2n) is 5.14. The van der Waals surface area contributed by atoms with Crippen molar-refractivity contribution in [1.29, 1.82) is 0 Å².